The number of rotatable bonds is 3. The normalized spacial score (nSPS) is 10.3. The van der Waals surface area contributed by atoms with Gasteiger partial charge in [0.25, 0.3) is 5.91 Å². The van der Waals surface area contributed by atoms with Gasteiger partial charge in [0.2, 0.25) is 0 Å². The second kappa shape index (κ2) is 5.63. The molecular weight excluding hydrogens is 262 g/mol. The first-order valence-electron chi connectivity index (χ1n) is 6.69. The van der Waals surface area contributed by atoms with Crippen LogP contribution in [-0.2, 0) is 0 Å². The Bertz CT molecular complexity index is 718. The summed E-state index contributed by atoms with van der Waals surface area (Å²) in [5.74, 6) is -0.0341. The van der Waals surface area contributed by atoms with Crippen molar-refractivity contribution in [1.82, 2.24) is 9.78 Å². The van der Waals surface area contributed by atoms with Gasteiger partial charge in [-0.1, -0.05) is 18.2 Å². The van der Waals surface area contributed by atoms with Crippen LogP contribution >= 0.6 is 0 Å². The lowest BCUT2D eigenvalue weighted by molar-refractivity contribution is 0.0993. The highest BCUT2D eigenvalue weighted by Crippen LogP contribution is 2.16. The Morgan fingerprint density at radius 1 is 1.00 bits per heavy atom. The van der Waals surface area contributed by atoms with Gasteiger partial charge < -0.3 is 4.90 Å². The second-order valence-electron chi connectivity index (χ2n) is 4.70. The molecule has 2 aromatic carbocycles. The SMILES string of the molecule is CN(C(=O)c1ccc(-n2cccn2)cc1)c1ccccc1. The monoisotopic (exact) mass is 277 g/mol. The molecule has 3 aromatic rings. The van der Waals surface area contributed by atoms with Crippen molar-refractivity contribution in [2.45, 2.75) is 0 Å². The maximum Gasteiger partial charge on any atom is 0.258 e. The second-order valence-corrected chi connectivity index (χ2v) is 4.70. The highest BCUT2D eigenvalue weighted by atomic mass is 16.2. The molecule has 0 spiro atoms. The molecule has 21 heavy (non-hydrogen) atoms. The molecule has 3 rings (SSSR count). The summed E-state index contributed by atoms with van der Waals surface area (Å²) in [6.45, 7) is 0. The van der Waals surface area contributed by atoms with Crippen LogP contribution in [0.2, 0.25) is 0 Å². The Hall–Kier alpha value is -2.88. The fourth-order valence-electron chi connectivity index (χ4n) is 2.14. The first kappa shape index (κ1) is 13.1. The van der Waals surface area contributed by atoms with E-state index in [-0.39, 0.29) is 5.91 Å². The maximum atomic E-state index is 12.4. The molecule has 0 fully saturated rings. The van der Waals surface area contributed by atoms with Gasteiger partial charge in [-0.2, -0.15) is 5.10 Å². The van der Waals surface area contributed by atoms with Crippen molar-refractivity contribution in [1.29, 1.82) is 0 Å². The molecule has 1 amide bonds. The third-order valence-electron chi connectivity index (χ3n) is 3.33. The minimum absolute atomic E-state index is 0.0341. The molecule has 104 valence electrons. The summed E-state index contributed by atoms with van der Waals surface area (Å²) in [6.07, 6.45) is 3.59. The van der Waals surface area contributed by atoms with Crippen molar-refractivity contribution < 1.29 is 4.79 Å². The maximum absolute atomic E-state index is 12.4. The van der Waals surface area contributed by atoms with Gasteiger partial charge in [0.05, 0.1) is 5.69 Å². The van der Waals surface area contributed by atoms with Crippen molar-refractivity contribution in [2.24, 2.45) is 0 Å². The van der Waals surface area contributed by atoms with Crippen LogP contribution in [0.15, 0.2) is 73.1 Å². The number of nitrogens with zero attached hydrogens (tertiary/aromatic N) is 3. The van der Waals surface area contributed by atoms with E-state index >= 15 is 0 Å². The summed E-state index contributed by atoms with van der Waals surface area (Å²) in [4.78, 5) is 14.1. The zero-order valence-corrected chi connectivity index (χ0v) is 11.7. The third kappa shape index (κ3) is 2.69. The quantitative estimate of drug-likeness (QED) is 0.737. The van der Waals surface area contributed by atoms with Crippen LogP contribution in [0.3, 0.4) is 0 Å². The lowest BCUT2D eigenvalue weighted by atomic mass is 10.1. The number of para-hydroxylation sites is 1. The van der Waals surface area contributed by atoms with Gasteiger partial charge in [0.1, 0.15) is 0 Å². The number of anilines is 1. The van der Waals surface area contributed by atoms with E-state index in [0.29, 0.717) is 5.56 Å². The topological polar surface area (TPSA) is 38.1 Å². The van der Waals surface area contributed by atoms with Crippen LogP contribution in [0.25, 0.3) is 5.69 Å². The van der Waals surface area contributed by atoms with Crippen molar-refractivity contribution >= 4 is 11.6 Å². The zero-order chi connectivity index (χ0) is 14.7. The van der Waals surface area contributed by atoms with E-state index in [1.165, 1.54) is 0 Å². The zero-order valence-electron chi connectivity index (χ0n) is 11.7. The summed E-state index contributed by atoms with van der Waals surface area (Å²) in [5, 5.41) is 4.17. The van der Waals surface area contributed by atoms with Gasteiger partial charge in [-0.05, 0) is 42.5 Å². The van der Waals surface area contributed by atoms with Crippen LogP contribution in [0, 0.1) is 0 Å². The molecule has 0 atom stereocenters. The fraction of sp³-hybridized carbons (Fsp3) is 0.0588. The van der Waals surface area contributed by atoms with Crippen molar-refractivity contribution in [2.75, 3.05) is 11.9 Å². The Morgan fingerprint density at radius 2 is 1.71 bits per heavy atom. The van der Waals surface area contributed by atoms with Crippen LogP contribution in [0.4, 0.5) is 5.69 Å². The lowest BCUT2D eigenvalue weighted by Crippen LogP contribution is -2.26. The third-order valence-corrected chi connectivity index (χ3v) is 3.33. The highest BCUT2D eigenvalue weighted by Gasteiger charge is 2.13. The molecule has 0 N–H and O–H groups in total. The van der Waals surface area contributed by atoms with E-state index in [0.717, 1.165) is 11.4 Å². The van der Waals surface area contributed by atoms with Crippen LogP contribution in [-0.4, -0.2) is 22.7 Å². The average Bonchev–Trinajstić information content (AvgIpc) is 3.09. The predicted octanol–water partition coefficient (Wildman–Crippen LogP) is 3.15. The standard InChI is InChI=1S/C17H15N3O/c1-19(15-6-3-2-4-7-15)17(21)14-8-10-16(11-9-14)20-13-5-12-18-20/h2-13H,1H3. The minimum atomic E-state index is -0.0341. The Balaban J connectivity index is 1.82. The number of hydrogen-bond donors (Lipinski definition) is 0. The van der Waals surface area contributed by atoms with Gasteiger partial charge >= 0.3 is 0 Å². The minimum Gasteiger partial charge on any atom is -0.311 e. The van der Waals surface area contributed by atoms with Gasteiger partial charge in [-0.3, -0.25) is 4.79 Å². The molecule has 4 heteroatoms. The largest absolute Gasteiger partial charge is 0.311 e. The van der Waals surface area contributed by atoms with Crippen LogP contribution in [0.5, 0.6) is 0 Å². The predicted molar refractivity (Wildman–Crippen MR) is 82.7 cm³/mol. The average molecular weight is 277 g/mol. The number of benzene rings is 2. The molecule has 4 nitrogen and oxygen atoms in total. The molecule has 0 saturated heterocycles. The van der Waals surface area contributed by atoms with Crippen molar-refractivity contribution in [3.8, 4) is 5.69 Å². The molecule has 0 aliphatic rings. The molecule has 0 unspecified atom stereocenters. The molecule has 1 heterocycles. The molecular formula is C17H15N3O. The Labute approximate surface area is 123 Å². The molecule has 0 saturated carbocycles. The lowest BCUT2D eigenvalue weighted by Gasteiger charge is -2.17. The highest BCUT2D eigenvalue weighted by molar-refractivity contribution is 6.05. The smallest absolute Gasteiger partial charge is 0.258 e. The number of carbonyl (C=O) groups excluding carboxylic acids is 1. The van der Waals surface area contributed by atoms with Gasteiger partial charge in [-0.15, -0.1) is 0 Å². The molecule has 0 aliphatic carbocycles. The fourth-order valence-corrected chi connectivity index (χ4v) is 2.14. The van der Waals surface area contributed by atoms with Gasteiger partial charge in [0.15, 0.2) is 0 Å². The van der Waals surface area contributed by atoms with E-state index < -0.39 is 0 Å². The van der Waals surface area contributed by atoms with Gasteiger partial charge in [0, 0.05) is 30.7 Å². The Kier molecular flexibility index (Phi) is 3.51. The van der Waals surface area contributed by atoms with Crippen LogP contribution in [0.1, 0.15) is 10.4 Å². The summed E-state index contributed by atoms with van der Waals surface area (Å²) in [7, 11) is 1.78. The molecule has 0 bridgehead atoms. The molecule has 0 radical (unpaired) electrons. The van der Waals surface area contributed by atoms with E-state index in [1.807, 2.05) is 66.9 Å². The summed E-state index contributed by atoms with van der Waals surface area (Å²) in [6, 6.07) is 18.9. The van der Waals surface area contributed by atoms with Crippen molar-refractivity contribution in [3.63, 3.8) is 0 Å². The van der Waals surface area contributed by atoms with Gasteiger partial charge in [-0.25, -0.2) is 4.68 Å². The van der Waals surface area contributed by atoms with E-state index in [4.69, 9.17) is 0 Å². The molecule has 1 aromatic heterocycles. The van der Waals surface area contributed by atoms with E-state index in [2.05, 4.69) is 5.10 Å². The summed E-state index contributed by atoms with van der Waals surface area (Å²) in [5.41, 5.74) is 2.45. The van der Waals surface area contributed by atoms with Crippen LogP contribution < -0.4 is 4.90 Å². The first-order chi connectivity index (χ1) is 10.3. The van der Waals surface area contributed by atoms with E-state index in [1.54, 1.807) is 22.8 Å². The van der Waals surface area contributed by atoms with E-state index in [9.17, 15) is 4.79 Å². The summed E-state index contributed by atoms with van der Waals surface area (Å²) < 4.78 is 1.76. The number of aromatic nitrogens is 2. The number of hydrogen-bond acceptors (Lipinski definition) is 2. The summed E-state index contributed by atoms with van der Waals surface area (Å²) >= 11 is 0. The number of amides is 1. The first-order valence-corrected chi connectivity index (χ1v) is 6.69. The Morgan fingerprint density at radius 3 is 2.33 bits per heavy atom. The molecule has 0 aliphatic heterocycles. The van der Waals surface area contributed by atoms with Crippen molar-refractivity contribution in [3.05, 3.63) is 78.6 Å². The number of carbonyl (C=O) groups is 1.